The second kappa shape index (κ2) is 10.8. The molecule has 0 saturated carbocycles. The van der Waals surface area contributed by atoms with Crippen LogP contribution in [0.25, 0.3) is 11.3 Å². The topological polar surface area (TPSA) is 127 Å². The number of benzene rings is 1. The standard InChI is InChI=1S/C24H25N7O3S/c1-3-21-28-29-23(35-21)27-24(33)30(2)19(15-34-22(25)32)17-11-9-16(10-12-17)18-7-6-8-20(26-18)31-13-4-5-14-31/h1,6-12,19H,4-5,13-15H2,2H3,(H2,25,32)(H,27,29,33). The maximum atomic E-state index is 12.8. The van der Waals surface area contributed by atoms with Crippen molar-refractivity contribution in [1.82, 2.24) is 20.1 Å². The first-order valence-electron chi connectivity index (χ1n) is 11.0. The van der Waals surface area contributed by atoms with Crippen LogP contribution in [0.2, 0.25) is 0 Å². The summed E-state index contributed by atoms with van der Waals surface area (Å²) in [6.45, 7) is 1.92. The van der Waals surface area contributed by atoms with E-state index < -0.39 is 18.2 Å². The fourth-order valence-electron chi connectivity index (χ4n) is 3.83. The van der Waals surface area contributed by atoms with Crippen molar-refractivity contribution in [3.8, 4) is 23.6 Å². The third kappa shape index (κ3) is 5.85. The van der Waals surface area contributed by atoms with E-state index in [0.29, 0.717) is 5.01 Å². The first-order chi connectivity index (χ1) is 16.9. The van der Waals surface area contributed by atoms with Crippen LogP contribution in [0.3, 0.4) is 0 Å². The number of nitrogens with zero attached hydrogens (tertiary/aromatic N) is 5. The van der Waals surface area contributed by atoms with E-state index in [2.05, 4.69) is 26.3 Å². The number of urea groups is 1. The lowest BCUT2D eigenvalue weighted by Gasteiger charge is -2.28. The number of nitrogens with one attached hydrogen (secondary N) is 1. The molecule has 3 heterocycles. The fourth-order valence-corrected chi connectivity index (χ4v) is 4.37. The molecule has 3 amide bonds. The van der Waals surface area contributed by atoms with E-state index in [-0.39, 0.29) is 11.7 Å². The van der Waals surface area contributed by atoms with Gasteiger partial charge in [0.2, 0.25) is 5.13 Å². The summed E-state index contributed by atoms with van der Waals surface area (Å²) < 4.78 is 5.04. The number of anilines is 2. The Morgan fingerprint density at radius 3 is 2.63 bits per heavy atom. The number of likely N-dealkylation sites (N-methyl/N-ethyl adjacent to an activating group) is 1. The van der Waals surface area contributed by atoms with Crippen molar-refractivity contribution in [2.75, 3.05) is 37.0 Å². The van der Waals surface area contributed by atoms with Crippen LogP contribution in [-0.2, 0) is 4.74 Å². The van der Waals surface area contributed by atoms with Crippen LogP contribution in [0.15, 0.2) is 42.5 Å². The van der Waals surface area contributed by atoms with Gasteiger partial charge in [-0.05, 0) is 36.5 Å². The SMILES string of the molecule is C#Cc1nnc(NC(=O)N(C)C(COC(N)=O)c2ccc(-c3cccc(N4CCCC4)n3)cc2)s1. The van der Waals surface area contributed by atoms with Gasteiger partial charge >= 0.3 is 12.1 Å². The number of carbonyl (C=O) groups excluding carboxylic acids is 2. The summed E-state index contributed by atoms with van der Waals surface area (Å²) in [5.74, 6) is 3.34. The van der Waals surface area contributed by atoms with E-state index in [4.69, 9.17) is 21.9 Å². The molecule has 1 fully saturated rings. The predicted molar refractivity (Wildman–Crippen MR) is 134 cm³/mol. The van der Waals surface area contributed by atoms with Crippen LogP contribution >= 0.6 is 11.3 Å². The highest BCUT2D eigenvalue weighted by Crippen LogP contribution is 2.27. The van der Waals surface area contributed by atoms with Gasteiger partial charge in [0.05, 0.1) is 11.7 Å². The minimum absolute atomic E-state index is 0.118. The van der Waals surface area contributed by atoms with Gasteiger partial charge < -0.3 is 20.3 Å². The lowest BCUT2D eigenvalue weighted by molar-refractivity contribution is 0.118. The zero-order valence-corrected chi connectivity index (χ0v) is 20.0. The number of amides is 3. The lowest BCUT2D eigenvalue weighted by Crippen LogP contribution is -2.37. The molecule has 1 atom stereocenters. The zero-order chi connectivity index (χ0) is 24.8. The molecular weight excluding hydrogens is 466 g/mol. The van der Waals surface area contributed by atoms with Crippen LogP contribution in [0.4, 0.5) is 20.5 Å². The molecule has 1 aliphatic rings. The van der Waals surface area contributed by atoms with E-state index in [1.807, 2.05) is 42.5 Å². The second-order valence-corrected chi connectivity index (χ2v) is 8.92. The predicted octanol–water partition coefficient (Wildman–Crippen LogP) is 3.48. The van der Waals surface area contributed by atoms with E-state index in [1.165, 1.54) is 17.7 Å². The highest BCUT2D eigenvalue weighted by atomic mass is 32.1. The number of hydrogen-bond acceptors (Lipinski definition) is 8. The van der Waals surface area contributed by atoms with Crippen LogP contribution < -0.4 is 16.0 Å². The smallest absolute Gasteiger partial charge is 0.404 e. The highest BCUT2D eigenvalue weighted by molar-refractivity contribution is 7.15. The molecule has 180 valence electrons. The molecule has 0 bridgehead atoms. The van der Waals surface area contributed by atoms with E-state index in [1.54, 1.807) is 7.05 Å². The molecule has 1 unspecified atom stereocenters. The summed E-state index contributed by atoms with van der Waals surface area (Å²) in [5, 5.41) is 10.9. The van der Waals surface area contributed by atoms with Gasteiger partial charge in [0, 0.05) is 25.7 Å². The summed E-state index contributed by atoms with van der Waals surface area (Å²) in [7, 11) is 1.59. The van der Waals surface area contributed by atoms with E-state index in [0.717, 1.165) is 47.1 Å². The molecule has 3 aromatic rings. The molecule has 2 aromatic heterocycles. The molecule has 0 radical (unpaired) electrons. The van der Waals surface area contributed by atoms with Crippen molar-refractivity contribution >= 4 is 34.4 Å². The quantitative estimate of drug-likeness (QED) is 0.485. The number of carbonyl (C=O) groups is 2. The van der Waals surface area contributed by atoms with Gasteiger partial charge in [0.15, 0.2) is 5.01 Å². The number of terminal acetylenes is 1. The van der Waals surface area contributed by atoms with Crippen LogP contribution in [0.5, 0.6) is 0 Å². The van der Waals surface area contributed by atoms with Crippen LogP contribution in [0, 0.1) is 12.3 Å². The summed E-state index contributed by atoms with van der Waals surface area (Å²) in [4.78, 5) is 32.6. The molecule has 0 spiro atoms. The fraction of sp³-hybridized carbons (Fsp3) is 0.292. The summed E-state index contributed by atoms with van der Waals surface area (Å²) in [5.41, 5.74) is 7.73. The summed E-state index contributed by atoms with van der Waals surface area (Å²) >= 11 is 1.08. The van der Waals surface area contributed by atoms with Crippen molar-refractivity contribution < 1.29 is 14.3 Å². The average Bonchev–Trinajstić information content (AvgIpc) is 3.57. The molecule has 1 aliphatic heterocycles. The van der Waals surface area contributed by atoms with Gasteiger partial charge in [-0.2, -0.15) is 0 Å². The molecule has 1 saturated heterocycles. The number of ether oxygens (including phenoxy) is 1. The maximum absolute atomic E-state index is 12.8. The molecule has 35 heavy (non-hydrogen) atoms. The Bertz CT molecular complexity index is 1230. The lowest BCUT2D eigenvalue weighted by atomic mass is 10.0. The molecule has 3 N–H and O–H groups in total. The molecule has 0 aliphatic carbocycles. The summed E-state index contributed by atoms with van der Waals surface area (Å²) in [6.07, 6.45) is 6.75. The first-order valence-corrected chi connectivity index (χ1v) is 11.8. The summed E-state index contributed by atoms with van der Waals surface area (Å²) in [6, 6.07) is 12.5. The highest BCUT2D eigenvalue weighted by Gasteiger charge is 2.24. The Morgan fingerprint density at radius 2 is 1.97 bits per heavy atom. The van der Waals surface area contributed by atoms with Crippen LogP contribution in [0.1, 0.15) is 29.5 Å². The molecule has 11 heteroatoms. The number of hydrogen-bond donors (Lipinski definition) is 2. The molecular formula is C24H25N7O3S. The Hall–Kier alpha value is -4.17. The van der Waals surface area contributed by atoms with Gasteiger partial charge in [-0.15, -0.1) is 16.6 Å². The van der Waals surface area contributed by atoms with E-state index >= 15 is 0 Å². The maximum Gasteiger partial charge on any atom is 0.404 e. The first kappa shape index (κ1) is 24.0. The normalized spacial score (nSPS) is 13.7. The average molecular weight is 492 g/mol. The van der Waals surface area contributed by atoms with E-state index in [9.17, 15) is 9.59 Å². The second-order valence-electron chi connectivity index (χ2n) is 7.94. The molecule has 10 nitrogen and oxygen atoms in total. The van der Waals surface area contributed by atoms with Crippen molar-refractivity contribution in [3.63, 3.8) is 0 Å². The Balaban J connectivity index is 1.52. The molecule has 1 aromatic carbocycles. The number of nitrogens with two attached hydrogens (primary N) is 1. The van der Waals surface area contributed by atoms with Gasteiger partial charge in [0.25, 0.3) is 0 Å². The van der Waals surface area contributed by atoms with Gasteiger partial charge in [-0.25, -0.2) is 14.6 Å². The minimum atomic E-state index is -0.925. The Morgan fingerprint density at radius 1 is 1.23 bits per heavy atom. The molecule has 4 rings (SSSR count). The number of pyridine rings is 1. The van der Waals surface area contributed by atoms with Crippen molar-refractivity contribution in [1.29, 1.82) is 0 Å². The van der Waals surface area contributed by atoms with Crippen molar-refractivity contribution in [3.05, 3.63) is 53.0 Å². The minimum Gasteiger partial charge on any atom is -0.447 e. The third-order valence-electron chi connectivity index (χ3n) is 5.69. The van der Waals surface area contributed by atoms with Crippen molar-refractivity contribution in [2.24, 2.45) is 5.73 Å². The van der Waals surface area contributed by atoms with Crippen LogP contribution in [-0.4, -0.2) is 58.9 Å². The van der Waals surface area contributed by atoms with Gasteiger partial charge in [-0.1, -0.05) is 41.7 Å². The van der Waals surface area contributed by atoms with Gasteiger partial charge in [-0.3, -0.25) is 5.32 Å². The monoisotopic (exact) mass is 491 g/mol. The third-order valence-corrected chi connectivity index (χ3v) is 6.46. The Kier molecular flexibility index (Phi) is 7.42. The Labute approximate surface area is 207 Å². The number of aromatic nitrogens is 3. The zero-order valence-electron chi connectivity index (χ0n) is 19.2. The van der Waals surface area contributed by atoms with Crippen molar-refractivity contribution in [2.45, 2.75) is 18.9 Å². The largest absolute Gasteiger partial charge is 0.447 e. The van der Waals surface area contributed by atoms with Gasteiger partial charge in [0.1, 0.15) is 12.4 Å². The number of rotatable bonds is 7. The number of primary amides is 1.